The Morgan fingerprint density at radius 3 is 2.90 bits per heavy atom. The van der Waals surface area contributed by atoms with Crippen LogP contribution >= 0.6 is 0 Å². The quantitative estimate of drug-likeness (QED) is 0.927. The zero-order valence-corrected chi connectivity index (χ0v) is 11.0. The molecule has 0 saturated carbocycles. The molecule has 1 aromatic heterocycles. The predicted molar refractivity (Wildman–Crippen MR) is 74.0 cm³/mol. The van der Waals surface area contributed by atoms with E-state index in [0.717, 1.165) is 12.0 Å². The van der Waals surface area contributed by atoms with Crippen LogP contribution in [0.4, 0.5) is 0 Å². The van der Waals surface area contributed by atoms with Crippen LogP contribution in [0.5, 0.6) is 5.75 Å². The number of fused-ring (bicyclic) bond motifs is 1. The molecule has 0 saturated heterocycles. The summed E-state index contributed by atoms with van der Waals surface area (Å²) in [4.78, 5) is 14.7. The summed E-state index contributed by atoms with van der Waals surface area (Å²) in [6.45, 7) is 0.429. The van der Waals surface area contributed by atoms with Gasteiger partial charge in [0.15, 0.2) is 0 Å². The summed E-state index contributed by atoms with van der Waals surface area (Å²) in [5, 5.41) is 8.90. The van der Waals surface area contributed by atoms with Crippen molar-refractivity contribution < 1.29 is 14.6 Å². The first-order chi connectivity index (χ1) is 9.72. The van der Waals surface area contributed by atoms with Gasteiger partial charge in [0.05, 0.1) is 11.8 Å². The number of carboxylic acids is 1. The van der Waals surface area contributed by atoms with E-state index in [0.29, 0.717) is 12.4 Å². The van der Waals surface area contributed by atoms with Crippen molar-refractivity contribution in [2.75, 3.05) is 0 Å². The van der Waals surface area contributed by atoms with Crippen LogP contribution < -0.4 is 4.74 Å². The second-order valence-corrected chi connectivity index (χ2v) is 4.96. The largest absolute Gasteiger partial charge is 0.487 e. The Balaban J connectivity index is 1.70. The molecule has 4 heteroatoms. The molecule has 0 radical (unpaired) electrons. The van der Waals surface area contributed by atoms with Gasteiger partial charge in [0.25, 0.3) is 0 Å². The molecule has 1 heterocycles. The van der Waals surface area contributed by atoms with Gasteiger partial charge in [-0.15, -0.1) is 0 Å². The molecule has 0 fully saturated rings. The van der Waals surface area contributed by atoms with Crippen molar-refractivity contribution in [3.8, 4) is 5.75 Å². The Bertz CT molecular complexity index is 652. The van der Waals surface area contributed by atoms with E-state index < -0.39 is 5.97 Å². The van der Waals surface area contributed by atoms with Gasteiger partial charge in [-0.2, -0.15) is 0 Å². The highest BCUT2D eigenvalue weighted by molar-refractivity contribution is 5.87. The van der Waals surface area contributed by atoms with Crippen molar-refractivity contribution in [1.82, 2.24) is 4.98 Å². The van der Waals surface area contributed by atoms with E-state index in [1.165, 1.54) is 42.4 Å². The number of nitrogens with zero attached hydrogens (tertiary/aromatic N) is 1. The maximum Gasteiger partial charge on any atom is 0.337 e. The van der Waals surface area contributed by atoms with Crippen LogP contribution in [0.25, 0.3) is 0 Å². The first kappa shape index (κ1) is 12.7. The van der Waals surface area contributed by atoms with E-state index in [1.807, 2.05) is 0 Å². The molecule has 0 amide bonds. The average molecular weight is 269 g/mol. The molecular formula is C16H15NO3. The molecular weight excluding hydrogens is 254 g/mol. The number of rotatable bonds is 4. The Morgan fingerprint density at radius 1 is 1.20 bits per heavy atom. The SMILES string of the molecule is O=C(O)c1cncc(OCc2ccc3c(c2)CCC3)c1. The summed E-state index contributed by atoms with van der Waals surface area (Å²) in [6, 6.07) is 7.89. The highest BCUT2D eigenvalue weighted by Crippen LogP contribution is 2.23. The van der Waals surface area contributed by atoms with Crippen molar-refractivity contribution >= 4 is 5.97 Å². The number of pyridine rings is 1. The van der Waals surface area contributed by atoms with Crippen LogP contribution in [0, 0.1) is 0 Å². The zero-order valence-electron chi connectivity index (χ0n) is 11.0. The normalized spacial score (nSPS) is 13.0. The molecule has 0 unspecified atom stereocenters. The van der Waals surface area contributed by atoms with Crippen molar-refractivity contribution in [3.63, 3.8) is 0 Å². The second kappa shape index (κ2) is 5.33. The number of benzene rings is 1. The Labute approximate surface area is 117 Å². The van der Waals surface area contributed by atoms with Crippen molar-refractivity contribution in [2.24, 2.45) is 0 Å². The van der Waals surface area contributed by atoms with E-state index in [-0.39, 0.29) is 5.56 Å². The Kier molecular flexibility index (Phi) is 3.37. The van der Waals surface area contributed by atoms with Crippen LogP contribution in [0.1, 0.15) is 33.5 Å². The van der Waals surface area contributed by atoms with Gasteiger partial charge in [0.1, 0.15) is 12.4 Å². The molecule has 0 spiro atoms. The highest BCUT2D eigenvalue weighted by Gasteiger charge is 2.11. The molecule has 0 bridgehead atoms. The minimum atomic E-state index is -1.000. The minimum absolute atomic E-state index is 0.136. The van der Waals surface area contributed by atoms with Crippen LogP contribution in [0.15, 0.2) is 36.7 Å². The maximum absolute atomic E-state index is 10.9. The van der Waals surface area contributed by atoms with Gasteiger partial charge in [0, 0.05) is 6.20 Å². The second-order valence-electron chi connectivity index (χ2n) is 4.96. The van der Waals surface area contributed by atoms with E-state index in [2.05, 4.69) is 23.2 Å². The summed E-state index contributed by atoms with van der Waals surface area (Å²) in [5.74, 6) is -0.522. The standard InChI is InChI=1S/C16H15NO3/c18-16(19)14-7-15(9-17-8-14)20-10-11-4-5-12-2-1-3-13(12)6-11/h4-9H,1-3,10H2,(H,18,19). The summed E-state index contributed by atoms with van der Waals surface area (Å²) in [5.41, 5.74) is 4.08. The molecule has 4 nitrogen and oxygen atoms in total. The monoisotopic (exact) mass is 269 g/mol. The maximum atomic E-state index is 10.9. The summed E-state index contributed by atoms with van der Waals surface area (Å²) in [6.07, 6.45) is 6.37. The lowest BCUT2D eigenvalue weighted by Gasteiger charge is -2.08. The summed E-state index contributed by atoms with van der Waals surface area (Å²) in [7, 11) is 0. The molecule has 20 heavy (non-hydrogen) atoms. The van der Waals surface area contributed by atoms with E-state index in [1.54, 1.807) is 0 Å². The van der Waals surface area contributed by atoms with E-state index >= 15 is 0 Å². The van der Waals surface area contributed by atoms with Gasteiger partial charge in [-0.1, -0.05) is 18.2 Å². The molecule has 3 rings (SSSR count). The van der Waals surface area contributed by atoms with Gasteiger partial charge in [-0.25, -0.2) is 4.79 Å². The lowest BCUT2D eigenvalue weighted by atomic mass is 10.1. The Morgan fingerprint density at radius 2 is 2.05 bits per heavy atom. The van der Waals surface area contributed by atoms with Gasteiger partial charge in [-0.3, -0.25) is 4.98 Å². The van der Waals surface area contributed by atoms with Crippen LogP contribution in [0.2, 0.25) is 0 Å². The van der Waals surface area contributed by atoms with Gasteiger partial charge < -0.3 is 9.84 Å². The number of aryl methyl sites for hydroxylation is 2. The van der Waals surface area contributed by atoms with E-state index in [4.69, 9.17) is 9.84 Å². The summed E-state index contributed by atoms with van der Waals surface area (Å²) < 4.78 is 5.62. The fourth-order valence-electron chi connectivity index (χ4n) is 2.50. The number of ether oxygens (including phenoxy) is 1. The number of aromatic carboxylic acids is 1. The number of hydrogen-bond acceptors (Lipinski definition) is 3. The van der Waals surface area contributed by atoms with Crippen LogP contribution in [0.3, 0.4) is 0 Å². The molecule has 0 aliphatic heterocycles. The molecule has 1 aliphatic rings. The van der Waals surface area contributed by atoms with Crippen LogP contribution in [-0.4, -0.2) is 16.1 Å². The van der Waals surface area contributed by atoms with Crippen molar-refractivity contribution in [3.05, 3.63) is 58.9 Å². The summed E-state index contributed by atoms with van der Waals surface area (Å²) >= 11 is 0. The fraction of sp³-hybridized carbons (Fsp3) is 0.250. The molecule has 1 aromatic carbocycles. The first-order valence-corrected chi connectivity index (χ1v) is 6.64. The number of carboxylic acid groups (broad SMARTS) is 1. The number of hydrogen-bond donors (Lipinski definition) is 1. The third kappa shape index (κ3) is 2.64. The van der Waals surface area contributed by atoms with Crippen molar-refractivity contribution in [2.45, 2.75) is 25.9 Å². The first-order valence-electron chi connectivity index (χ1n) is 6.64. The topological polar surface area (TPSA) is 59.4 Å². The fourth-order valence-corrected chi connectivity index (χ4v) is 2.50. The lowest BCUT2D eigenvalue weighted by molar-refractivity contribution is 0.0696. The van der Waals surface area contributed by atoms with Gasteiger partial charge in [-0.05, 0) is 42.0 Å². The molecule has 0 atom stereocenters. The third-order valence-electron chi connectivity index (χ3n) is 3.53. The lowest BCUT2D eigenvalue weighted by Crippen LogP contribution is -2.00. The highest BCUT2D eigenvalue weighted by atomic mass is 16.5. The van der Waals surface area contributed by atoms with Gasteiger partial charge in [0.2, 0.25) is 0 Å². The smallest absolute Gasteiger partial charge is 0.337 e. The molecule has 1 aliphatic carbocycles. The predicted octanol–water partition coefficient (Wildman–Crippen LogP) is 2.85. The Hall–Kier alpha value is -2.36. The zero-order chi connectivity index (χ0) is 13.9. The van der Waals surface area contributed by atoms with Gasteiger partial charge >= 0.3 is 5.97 Å². The molecule has 1 N–H and O–H groups in total. The molecule has 102 valence electrons. The van der Waals surface area contributed by atoms with Crippen molar-refractivity contribution in [1.29, 1.82) is 0 Å². The van der Waals surface area contributed by atoms with E-state index in [9.17, 15) is 4.79 Å². The average Bonchev–Trinajstić information content (AvgIpc) is 2.93. The van der Waals surface area contributed by atoms with Crippen LogP contribution in [-0.2, 0) is 19.4 Å². The number of aromatic nitrogens is 1. The third-order valence-corrected chi connectivity index (χ3v) is 3.53. The number of carbonyl (C=O) groups is 1. The molecule has 2 aromatic rings. The minimum Gasteiger partial charge on any atom is -0.487 e.